The van der Waals surface area contributed by atoms with Crippen LogP contribution in [0.15, 0.2) is 65.1 Å². The number of benzene rings is 3. The molecule has 0 saturated carbocycles. The van der Waals surface area contributed by atoms with Gasteiger partial charge in [0.1, 0.15) is 23.0 Å². The van der Waals surface area contributed by atoms with Gasteiger partial charge in [-0.25, -0.2) is 0 Å². The van der Waals surface area contributed by atoms with E-state index in [-0.39, 0.29) is 24.1 Å². The van der Waals surface area contributed by atoms with Gasteiger partial charge in [-0.1, -0.05) is 30.3 Å². The van der Waals surface area contributed by atoms with Crippen LogP contribution in [-0.4, -0.2) is 17.6 Å². The Morgan fingerprint density at radius 2 is 1.42 bits per heavy atom. The first kappa shape index (κ1) is 21.9. The number of hydrogen-bond donors (Lipinski definition) is 5. The summed E-state index contributed by atoms with van der Waals surface area (Å²) in [7, 11) is 0. The topological polar surface area (TPSA) is 156 Å². The smallest absolute Gasteiger partial charge is 0.228 e. The molecule has 0 aliphatic carbocycles. The van der Waals surface area contributed by atoms with Crippen LogP contribution in [0.25, 0.3) is 21.7 Å². The van der Waals surface area contributed by atoms with Gasteiger partial charge in [0.25, 0.3) is 0 Å². The van der Waals surface area contributed by atoms with Crippen molar-refractivity contribution in [1.29, 1.82) is 10.8 Å². The van der Waals surface area contributed by atoms with E-state index in [0.717, 1.165) is 21.7 Å². The zero-order chi connectivity index (χ0) is 21.4. The number of rotatable bonds is 6. The Balaban J connectivity index is 0.00000272. The van der Waals surface area contributed by atoms with Gasteiger partial charge >= 0.3 is 0 Å². The first-order valence-corrected chi connectivity index (χ1v) is 9.36. The second kappa shape index (κ2) is 8.49. The second-order valence-corrected chi connectivity index (χ2v) is 7.28. The van der Waals surface area contributed by atoms with Crippen molar-refractivity contribution in [1.82, 2.24) is 0 Å². The van der Waals surface area contributed by atoms with Gasteiger partial charge in [-0.05, 0) is 53.1 Å². The van der Waals surface area contributed by atoms with Crippen LogP contribution < -0.4 is 17.2 Å². The molecule has 7 nitrogen and oxygen atoms in total. The lowest BCUT2D eigenvalue weighted by molar-refractivity contribution is -0.119. The number of hydrogen-bond acceptors (Lipinski definition) is 4. The lowest BCUT2D eigenvalue weighted by Crippen LogP contribution is -2.22. The van der Waals surface area contributed by atoms with Crippen LogP contribution in [0.3, 0.4) is 0 Å². The first-order chi connectivity index (χ1) is 14.3. The molecule has 0 radical (unpaired) electrons. The number of nitrogen functional groups attached to an aromatic ring is 2. The fourth-order valence-electron chi connectivity index (χ4n) is 3.57. The van der Waals surface area contributed by atoms with Crippen LogP contribution in [0, 0.1) is 10.8 Å². The minimum atomic E-state index is -0.647. The molecule has 0 aliphatic rings. The minimum absolute atomic E-state index is 0. The summed E-state index contributed by atoms with van der Waals surface area (Å²) in [5.41, 5.74) is 19.6. The summed E-state index contributed by atoms with van der Waals surface area (Å²) in [6.45, 7) is 0. The highest BCUT2D eigenvalue weighted by molar-refractivity contribution is 6.00. The van der Waals surface area contributed by atoms with E-state index in [9.17, 15) is 4.79 Å². The summed E-state index contributed by atoms with van der Waals surface area (Å²) < 4.78 is 5.88. The SMILES string of the molecule is Cl.N=C(N)c1ccc2ccc(CC(C(N)=O)c3cc4cc(C(=N)N)ccc4o3)cc2c1. The van der Waals surface area contributed by atoms with Crippen molar-refractivity contribution >= 4 is 51.7 Å². The van der Waals surface area contributed by atoms with Crippen molar-refractivity contribution in [2.45, 2.75) is 12.3 Å². The Morgan fingerprint density at radius 3 is 2.06 bits per heavy atom. The highest BCUT2D eigenvalue weighted by atomic mass is 35.5. The van der Waals surface area contributed by atoms with E-state index in [2.05, 4.69) is 0 Å². The Hall–Kier alpha value is -3.84. The highest BCUT2D eigenvalue weighted by Gasteiger charge is 2.23. The predicted octanol–water partition coefficient (Wildman–Crippen LogP) is 3.39. The number of halogens is 1. The Morgan fingerprint density at radius 1 is 0.806 bits per heavy atom. The van der Waals surface area contributed by atoms with Crippen molar-refractivity contribution in [3.05, 3.63) is 83.1 Å². The van der Waals surface area contributed by atoms with Crippen molar-refractivity contribution in [2.75, 3.05) is 0 Å². The lowest BCUT2D eigenvalue weighted by Gasteiger charge is -2.12. The number of furan rings is 1. The zero-order valence-electron chi connectivity index (χ0n) is 16.5. The summed E-state index contributed by atoms with van der Waals surface area (Å²) in [6, 6.07) is 18.4. The monoisotopic (exact) mass is 435 g/mol. The van der Waals surface area contributed by atoms with Crippen LogP contribution >= 0.6 is 12.4 Å². The molecule has 0 aliphatic heterocycles. The Bertz CT molecular complexity index is 1330. The number of primary amides is 1. The molecule has 31 heavy (non-hydrogen) atoms. The number of nitrogens with one attached hydrogen (secondary N) is 2. The molecule has 1 heterocycles. The van der Waals surface area contributed by atoms with Gasteiger partial charge in [-0.15, -0.1) is 12.4 Å². The molecule has 158 valence electrons. The standard InChI is InChI=1S/C23H21N5O2.ClH/c24-21(25)14-4-3-13-2-1-12(7-16(13)9-14)8-18(23(28)29)20-11-17-10-15(22(26)27)5-6-19(17)30-20;/h1-7,9-11,18H,8H2,(H3,24,25)(H3,26,27)(H2,28,29);1H. The number of carbonyl (C=O) groups is 1. The maximum Gasteiger partial charge on any atom is 0.228 e. The minimum Gasteiger partial charge on any atom is -0.460 e. The van der Waals surface area contributed by atoms with E-state index in [1.165, 1.54) is 0 Å². The molecule has 3 aromatic carbocycles. The third-order valence-electron chi connectivity index (χ3n) is 5.19. The lowest BCUT2D eigenvalue weighted by atomic mass is 9.94. The van der Waals surface area contributed by atoms with E-state index >= 15 is 0 Å². The summed E-state index contributed by atoms with van der Waals surface area (Å²) in [5, 5.41) is 17.9. The zero-order valence-corrected chi connectivity index (χ0v) is 17.3. The summed E-state index contributed by atoms with van der Waals surface area (Å²) >= 11 is 0. The number of fused-ring (bicyclic) bond motifs is 2. The average molecular weight is 436 g/mol. The van der Waals surface area contributed by atoms with Gasteiger partial charge in [0.05, 0.1) is 5.92 Å². The quantitative estimate of drug-likeness (QED) is 0.232. The highest BCUT2D eigenvalue weighted by Crippen LogP contribution is 2.29. The molecule has 1 amide bonds. The molecule has 1 unspecified atom stereocenters. The van der Waals surface area contributed by atoms with E-state index < -0.39 is 11.8 Å². The second-order valence-electron chi connectivity index (χ2n) is 7.28. The molecule has 4 aromatic rings. The van der Waals surface area contributed by atoms with Crippen LogP contribution in [-0.2, 0) is 11.2 Å². The summed E-state index contributed by atoms with van der Waals surface area (Å²) in [5.74, 6) is -0.697. The number of nitrogens with two attached hydrogens (primary N) is 3. The number of amides is 1. The first-order valence-electron chi connectivity index (χ1n) is 9.36. The van der Waals surface area contributed by atoms with Gasteiger partial charge in [-0.2, -0.15) is 0 Å². The third kappa shape index (κ3) is 4.36. The normalized spacial score (nSPS) is 11.7. The molecule has 4 rings (SSSR count). The van der Waals surface area contributed by atoms with Crippen molar-refractivity contribution in [2.24, 2.45) is 17.2 Å². The number of amidine groups is 2. The van der Waals surface area contributed by atoms with Crippen LogP contribution in [0.1, 0.15) is 28.4 Å². The van der Waals surface area contributed by atoms with Gasteiger partial charge in [0.15, 0.2) is 0 Å². The molecule has 8 N–H and O–H groups in total. The predicted molar refractivity (Wildman–Crippen MR) is 125 cm³/mol. The maximum atomic E-state index is 12.2. The van der Waals surface area contributed by atoms with Gasteiger partial charge in [0.2, 0.25) is 5.91 Å². The molecular formula is C23H22ClN5O2. The largest absolute Gasteiger partial charge is 0.460 e. The van der Waals surface area contributed by atoms with Crippen molar-refractivity contribution < 1.29 is 9.21 Å². The Kier molecular flexibility index (Phi) is 5.99. The molecular weight excluding hydrogens is 414 g/mol. The molecule has 0 bridgehead atoms. The van der Waals surface area contributed by atoms with Crippen LogP contribution in [0.4, 0.5) is 0 Å². The van der Waals surface area contributed by atoms with Gasteiger partial charge in [-0.3, -0.25) is 15.6 Å². The fourth-order valence-corrected chi connectivity index (χ4v) is 3.57. The van der Waals surface area contributed by atoms with Gasteiger partial charge in [0, 0.05) is 16.5 Å². The number of carbonyl (C=O) groups excluding carboxylic acids is 1. The van der Waals surface area contributed by atoms with E-state index in [1.54, 1.807) is 30.3 Å². The van der Waals surface area contributed by atoms with Crippen molar-refractivity contribution in [3.8, 4) is 0 Å². The maximum absolute atomic E-state index is 12.2. The Labute approximate surface area is 184 Å². The average Bonchev–Trinajstić information content (AvgIpc) is 3.13. The molecule has 1 aromatic heterocycles. The van der Waals surface area contributed by atoms with E-state index in [4.69, 9.17) is 32.4 Å². The molecule has 8 heteroatoms. The van der Waals surface area contributed by atoms with Gasteiger partial charge < -0.3 is 21.6 Å². The molecule has 0 fully saturated rings. The third-order valence-corrected chi connectivity index (χ3v) is 5.19. The van der Waals surface area contributed by atoms with Crippen LogP contribution in [0.2, 0.25) is 0 Å². The van der Waals surface area contributed by atoms with E-state index in [1.807, 2.05) is 30.3 Å². The summed E-state index contributed by atoms with van der Waals surface area (Å²) in [6.07, 6.45) is 0.370. The molecule has 0 saturated heterocycles. The fraction of sp³-hybridized carbons (Fsp3) is 0.0870. The summed E-state index contributed by atoms with van der Waals surface area (Å²) in [4.78, 5) is 12.2. The molecule has 1 atom stereocenters. The molecule has 0 spiro atoms. The van der Waals surface area contributed by atoms with Crippen molar-refractivity contribution in [3.63, 3.8) is 0 Å². The van der Waals surface area contributed by atoms with E-state index in [0.29, 0.717) is 28.9 Å². The van der Waals surface area contributed by atoms with Crippen LogP contribution in [0.5, 0.6) is 0 Å².